The first-order valence-corrected chi connectivity index (χ1v) is 5.08. The normalized spacial score (nSPS) is 8.33. The van der Waals surface area contributed by atoms with E-state index in [-0.39, 0.29) is 6.61 Å². The Kier molecular flexibility index (Phi) is 5.82. The topological polar surface area (TPSA) is 20.2 Å². The number of hydrogen-bond acceptors (Lipinski definition) is 1. The van der Waals surface area contributed by atoms with Gasteiger partial charge in [-0.1, -0.05) is 30.0 Å². The molecule has 1 aromatic carbocycles. The molecule has 0 saturated carbocycles. The molecule has 1 N–H and O–H groups in total. The molecule has 0 radical (unpaired) electrons. The van der Waals surface area contributed by atoms with Gasteiger partial charge in [0.2, 0.25) is 0 Å². The SMILES string of the molecule is OCCCCC#CC#Cc1ccccc1. The van der Waals surface area contributed by atoms with Crippen molar-refractivity contribution in [1.29, 1.82) is 0 Å². The van der Waals surface area contributed by atoms with Crippen molar-refractivity contribution in [2.75, 3.05) is 6.61 Å². The summed E-state index contributed by atoms with van der Waals surface area (Å²) >= 11 is 0. The maximum Gasteiger partial charge on any atom is 0.0431 e. The molecule has 0 amide bonds. The van der Waals surface area contributed by atoms with Crippen molar-refractivity contribution >= 4 is 0 Å². The minimum atomic E-state index is 0.247. The molecule has 0 aromatic heterocycles. The molecule has 0 fully saturated rings. The van der Waals surface area contributed by atoms with Gasteiger partial charge in [0.25, 0.3) is 0 Å². The second-order valence-electron chi connectivity index (χ2n) is 3.10. The number of aliphatic hydroxyl groups is 1. The fourth-order valence-corrected chi connectivity index (χ4v) is 1.06. The molecule has 0 aliphatic rings. The Hall–Kier alpha value is -1.70. The maximum atomic E-state index is 8.54. The van der Waals surface area contributed by atoms with Crippen molar-refractivity contribution in [3.05, 3.63) is 35.9 Å². The van der Waals surface area contributed by atoms with E-state index in [1.54, 1.807) is 0 Å². The van der Waals surface area contributed by atoms with E-state index in [0.29, 0.717) is 0 Å². The average Bonchev–Trinajstić information content (AvgIpc) is 2.29. The number of unbranched alkanes of at least 4 members (excludes halogenated alkanes) is 2. The molecular weight excluding hydrogens is 184 g/mol. The number of benzene rings is 1. The van der Waals surface area contributed by atoms with Gasteiger partial charge in [0.05, 0.1) is 0 Å². The summed E-state index contributed by atoms with van der Waals surface area (Å²) in [5, 5.41) is 8.54. The van der Waals surface area contributed by atoms with Crippen molar-refractivity contribution in [2.45, 2.75) is 19.3 Å². The summed E-state index contributed by atoms with van der Waals surface area (Å²) in [6, 6.07) is 9.80. The Morgan fingerprint density at radius 1 is 1.00 bits per heavy atom. The Bertz CT molecular complexity index is 384. The van der Waals surface area contributed by atoms with E-state index in [4.69, 9.17) is 5.11 Å². The van der Waals surface area contributed by atoms with Gasteiger partial charge in [0.15, 0.2) is 0 Å². The monoisotopic (exact) mass is 198 g/mol. The van der Waals surface area contributed by atoms with Crippen LogP contribution in [0, 0.1) is 23.7 Å². The molecule has 0 spiro atoms. The summed E-state index contributed by atoms with van der Waals surface area (Å²) < 4.78 is 0. The number of rotatable bonds is 3. The lowest BCUT2D eigenvalue weighted by atomic mass is 10.2. The van der Waals surface area contributed by atoms with Crippen molar-refractivity contribution in [3.8, 4) is 23.7 Å². The minimum Gasteiger partial charge on any atom is -0.396 e. The summed E-state index contributed by atoms with van der Waals surface area (Å²) in [6.45, 7) is 0.247. The molecule has 0 aliphatic heterocycles. The Balaban J connectivity index is 2.33. The lowest BCUT2D eigenvalue weighted by Crippen LogP contribution is -1.80. The van der Waals surface area contributed by atoms with Crippen LogP contribution in [0.25, 0.3) is 0 Å². The molecule has 0 bridgehead atoms. The van der Waals surface area contributed by atoms with Gasteiger partial charge in [-0.25, -0.2) is 0 Å². The third-order valence-electron chi connectivity index (χ3n) is 1.84. The van der Waals surface area contributed by atoms with E-state index in [0.717, 1.165) is 24.8 Å². The van der Waals surface area contributed by atoms with Gasteiger partial charge < -0.3 is 5.11 Å². The third kappa shape index (κ3) is 5.57. The van der Waals surface area contributed by atoms with E-state index in [1.165, 1.54) is 0 Å². The van der Waals surface area contributed by atoms with Crippen molar-refractivity contribution < 1.29 is 5.11 Å². The minimum absolute atomic E-state index is 0.247. The average molecular weight is 198 g/mol. The fourth-order valence-electron chi connectivity index (χ4n) is 1.06. The first kappa shape index (κ1) is 11.4. The molecule has 0 aliphatic carbocycles. The van der Waals surface area contributed by atoms with Crippen molar-refractivity contribution in [2.24, 2.45) is 0 Å². The van der Waals surface area contributed by atoms with Crippen LogP contribution >= 0.6 is 0 Å². The standard InChI is InChI=1S/C14H14O/c15-13-9-4-2-1-3-6-10-14-11-7-5-8-12-14/h5,7-8,11-12,15H,2,4,9,13H2. The second kappa shape index (κ2) is 7.68. The predicted molar refractivity (Wildman–Crippen MR) is 62.0 cm³/mol. The zero-order valence-corrected chi connectivity index (χ0v) is 8.66. The van der Waals surface area contributed by atoms with Gasteiger partial charge in [-0.3, -0.25) is 0 Å². The predicted octanol–water partition coefficient (Wildman–Crippen LogP) is 2.20. The van der Waals surface area contributed by atoms with Gasteiger partial charge in [0.1, 0.15) is 0 Å². The largest absolute Gasteiger partial charge is 0.396 e. The van der Waals surface area contributed by atoms with E-state index in [2.05, 4.69) is 23.7 Å². The highest BCUT2D eigenvalue weighted by Gasteiger charge is 1.81. The summed E-state index contributed by atoms with van der Waals surface area (Å²) in [6.07, 6.45) is 2.57. The molecule has 0 atom stereocenters. The van der Waals surface area contributed by atoms with Crippen LogP contribution in [-0.2, 0) is 0 Å². The highest BCUT2D eigenvalue weighted by atomic mass is 16.2. The molecule has 1 aromatic rings. The molecule has 0 heterocycles. The van der Waals surface area contributed by atoms with Crippen LogP contribution in [0.1, 0.15) is 24.8 Å². The molecule has 1 rings (SSSR count). The van der Waals surface area contributed by atoms with Gasteiger partial charge >= 0.3 is 0 Å². The molecule has 1 heteroatoms. The molecule has 0 saturated heterocycles. The molecule has 1 nitrogen and oxygen atoms in total. The van der Waals surface area contributed by atoms with E-state index < -0.39 is 0 Å². The maximum absolute atomic E-state index is 8.54. The van der Waals surface area contributed by atoms with Crippen LogP contribution in [0.15, 0.2) is 30.3 Å². The van der Waals surface area contributed by atoms with E-state index in [1.807, 2.05) is 30.3 Å². The lowest BCUT2D eigenvalue weighted by Gasteiger charge is -1.86. The van der Waals surface area contributed by atoms with Crippen LogP contribution in [0.3, 0.4) is 0 Å². The smallest absolute Gasteiger partial charge is 0.0431 e. The Labute approximate surface area is 91.1 Å². The summed E-state index contributed by atoms with van der Waals surface area (Å²) in [4.78, 5) is 0. The first-order chi connectivity index (χ1) is 7.43. The number of hydrogen-bond donors (Lipinski definition) is 1. The second-order valence-corrected chi connectivity index (χ2v) is 3.10. The van der Waals surface area contributed by atoms with Crippen LogP contribution in [0.5, 0.6) is 0 Å². The van der Waals surface area contributed by atoms with Crippen molar-refractivity contribution in [3.63, 3.8) is 0 Å². The van der Waals surface area contributed by atoms with Crippen LogP contribution in [-0.4, -0.2) is 11.7 Å². The van der Waals surface area contributed by atoms with Crippen LogP contribution in [0.2, 0.25) is 0 Å². The Morgan fingerprint density at radius 2 is 1.80 bits per heavy atom. The lowest BCUT2D eigenvalue weighted by molar-refractivity contribution is 0.285. The first-order valence-electron chi connectivity index (χ1n) is 5.08. The fraction of sp³-hybridized carbons (Fsp3) is 0.286. The molecule has 0 unspecified atom stereocenters. The van der Waals surface area contributed by atoms with Gasteiger partial charge in [-0.2, -0.15) is 0 Å². The zero-order chi connectivity index (χ0) is 10.8. The summed E-state index contributed by atoms with van der Waals surface area (Å²) in [5.41, 5.74) is 0.988. The van der Waals surface area contributed by atoms with E-state index in [9.17, 15) is 0 Å². The zero-order valence-electron chi connectivity index (χ0n) is 8.66. The summed E-state index contributed by atoms with van der Waals surface area (Å²) in [5.74, 6) is 11.5. The Morgan fingerprint density at radius 3 is 2.53 bits per heavy atom. The van der Waals surface area contributed by atoms with Crippen molar-refractivity contribution in [1.82, 2.24) is 0 Å². The van der Waals surface area contributed by atoms with Gasteiger partial charge in [0, 0.05) is 18.6 Å². The van der Waals surface area contributed by atoms with E-state index >= 15 is 0 Å². The molecule has 76 valence electrons. The molecular formula is C14H14O. The third-order valence-corrected chi connectivity index (χ3v) is 1.84. The van der Waals surface area contributed by atoms with Crippen LogP contribution < -0.4 is 0 Å². The van der Waals surface area contributed by atoms with Gasteiger partial charge in [-0.15, -0.1) is 0 Å². The highest BCUT2D eigenvalue weighted by Crippen LogP contribution is 1.94. The number of aliphatic hydroxyl groups excluding tert-OH is 1. The highest BCUT2D eigenvalue weighted by molar-refractivity contribution is 5.39. The quantitative estimate of drug-likeness (QED) is 0.583. The summed E-state index contributed by atoms with van der Waals surface area (Å²) in [7, 11) is 0. The van der Waals surface area contributed by atoms with Gasteiger partial charge in [-0.05, 0) is 36.8 Å². The molecule has 15 heavy (non-hydrogen) atoms. The van der Waals surface area contributed by atoms with Crippen LogP contribution in [0.4, 0.5) is 0 Å².